The molecule has 0 bridgehead atoms. The molecule has 0 aliphatic heterocycles. The van der Waals surface area contributed by atoms with E-state index in [1.165, 1.54) is 22.3 Å². The Morgan fingerprint density at radius 2 is 0.949 bits per heavy atom. The van der Waals surface area contributed by atoms with Gasteiger partial charge in [0.15, 0.2) is 0 Å². The van der Waals surface area contributed by atoms with E-state index in [0.29, 0.717) is 0 Å². The van der Waals surface area contributed by atoms with Crippen LogP contribution in [-0.4, -0.2) is 16.7 Å². The molecule has 1 heterocycles. The molecule has 6 rings (SSSR count). The Hall–Kier alpha value is -4.89. The van der Waals surface area contributed by atoms with E-state index in [1.807, 2.05) is 18.7 Å². The monoisotopic (exact) mass is 506 g/mol. The van der Waals surface area contributed by atoms with Crippen LogP contribution in [0.2, 0.25) is 0 Å². The number of aromatic nitrogens is 2. The van der Waals surface area contributed by atoms with Crippen molar-refractivity contribution in [3.63, 3.8) is 0 Å². The first-order valence-corrected chi connectivity index (χ1v) is 13.2. The molecule has 3 nitrogen and oxygen atoms in total. The van der Waals surface area contributed by atoms with Gasteiger partial charge in [-0.15, -0.1) is 0 Å². The minimum absolute atomic E-state index is 0.00848. The molecular weight excluding hydrogens is 476 g/mol. The molecule has 0 fully saturated rings. The molecule has 3 heteroatoms. The van der Waals surface area contributed by atoms with E-state index in [1.54, 1.807) is 7.11 Å². The predicted molar refractivity (Wildman–Crippen MR) is 158 cm³/mol. The van der Waals surface area contributed by atoms with E-state index >= 15 is 0 Å². The second kappa shape index (κ2) is 11.2. The van der Waals surface area contributed by atoms with E-state index in [2.05, 4.69) is 143 Å². The highest BCUT2D eigenvalue weighted by Gasteiger charge is 2.28. The number of hydrogen-bond donors (Lipinski definition) is 0. The van der Waals surface area contributed by atoms with Crippen LogP contribution in [0.15, 0.2) is 152 Å². The number of benzene rings is 5. The molecule has 5 aromatic carbocycles. The van der Waals surface area contributed by atoms with Gasteiger partial charge in [-0.1, -0.05) is 121 Å². The number of nitrogens with zero attached hydrogens (tertiary/aromatic N) is 2. The molecular formula is C36H30N2O. The highest BCUT2D eigenvalue weighted by molar-refractivity contribution is 5.63. The van der Waals surface area contributed by atoms with Crippen LogP contribution in [0.5, 0.6) is 5.75 Å². The van der Waals surface area contributed by atoms with Crippen LogP contribution in [0, 0.1) is 0 Å². The summed E-state index contributed by atoms with van der Waals surface area (Å²) in [6.07, 6.45) is 5.78. The SMILES string of the molecule is COc1cc(C(c2ccccc2)c2ccccc2)c(-n2ccnc2)c(C(c2ccccc2)c2ccccc2)c1. The quantitative estimate of drug-likeness (QED) is 0.194. The zero-order valence-electron chi connectivity index (χ0n) is 21.9. The molecule has 190 valence electrons. The van der Waals surface area contributed by atoms with Gasteiger partial charge in [0.05, 0.1) is 19.1 Å². The summed E-state index contributed by atoms with van der Waals surface area (Å²) < 4.78 is 8.14. The lowest BCUT2D eigenvalue weighted by atomic mass is 9.78. The van der Waals surface area contributed by atoms with Gasteiger partial charge >= 0.3 is 0 Å². The summed E-state index contributed by atoms with van der Waals surface area (Å²) in [7, 11) is 1.75. The van der Waals surface area contributed by atoms with Gasteiger partial charge in [0.2, 0.25) is 0 Å². The molecule has 0 N–H and O–H groups in total. The highest BCUT2D eigenvalue weighted by Crippen LogP contribution is 2.44. The average Bonchev–Trinajstić information content (AvgIpc) is 3.54. The summed E-state index contributed by atoms with van der Waals surface area (Å²) in [6.45, 7) is 0. The van der Waals surface area contributed by atoms with Crippen LogP contribution in [0.4, 0.5) is 0 Å². The number of imidazole rings is 1. The average molecular weight is 507 g/mol. The molecule has 39 heavy (non-hydrogen) atoms. The highest BCUT2D eigenvalue weighted by atomic mass is 16.5. The van der Waals surface area contributed by atoms with Crippen molar-refractivity contribution in [2.24, 2.45) is 0 Å². The van der Waals surface area contributed by atoms with Crippen molar-refractivity contribution in [2.45, 2.75) is 11.8 Å². The zero-order chi connectivity index (χ0) is 26.4. The molecule has 0 saturated heterocycles. The Balaban J connectivity index is 1.71. The summed E-state index contributed by atoms with van der Waals surface area (Å²) in [6, 6.07) is 47.2. The standard InChI is InChI=1S/C36H30N2O/c1-39-31-24-32(34(27-14-6-2-7-15-27)28-16-8-3-9-17-28)36(38-23-22-37-26-38)33(25-31)35(29-18-10-4-11-19-29)30-20-12-5-13-21-30/h2-26,34-35H,1H3. The third-order valence-electron chi connectivity index (χ3n) is 7.29. The number of hydrogen-bond acceptors (Lipinski definition) is 2. The molecule has 0 radical (unpaired) electrons. The summed E-state index contributed by atoms with van der Waals surface area (Å²) in [4.78, 5) is 4.46. The Morgan fingerprint density at radius 1 is 0.564 bits per heavy atom. The second-order valence-corrected chi connectivity index (χ2v) is 9.63. The lowest BCUT2D eigenvalue weighted by molar-refractivity contribution is 0.413. The van der Waals surface area contributed by atoms with Gasteiger partial charge in [-0.05, 0) is 45.5 Å². The summed E-state index contributed by atoms with van der Waals surface area (Å²) in [5.41, 5.74) is 8.33. The summed E-state index contributed by atoms with van der Waals surface area (Å²) >= 11 is 0. The lowest BCUT2D eigenvalue weighted by Crippen LogP contribution is -2.14. The fraction of sp³-hybridized carbons (Fsp3) is 0.0833. The van der Waals surface area contributed by atoms with E-state index in [-0.39, 0.29) is 11.8 Å². The molecule has 0 atom stereocenters. The maximum atomic E-state index is 5.99. The van der Waals surface area contributed by atoms with Crippen molar-refractivity contribution >= 4 is 0 Å². The smallest absolute Gasteiger partial charge is 0.119 e. The van der Waals surface area contributed by atoms with Gasteiger partial charge in [0.25, 0.3) is 0 Å². The lowest BCUT2D eigenvalue weighted by Gasteiger charge is -2.29. The van der Waals surface area contributed by atoms with Crippen LogP contribution in [0.3, 0.4) is 0 Å². The van der Waals surface area contributed by atoms with Crippen molar-refractivity contribution in [3.8, 4) is 11.4 Å². The zero-order valence-corrected chi connectivity index (χ0v) is 21.9. The minimum atomic E-state index is -0.00848. The van der Waals surface area contributed by atoms with Gasteiger partial charge in [-0.3, -0.25) is 0 Å². The Labute approximate surface area is 230 Å². The van der Waals surface area contributed by atoms with Gasteiger partial charge in [0.1, 0.15) is 5.75 Å². The Kier molecular flexibility index (Phi) is 7.05. The fourth-order valence-electron chi connectivity index (χ4n) is 5.58. The molecule has 0 saturated carbocycles. The maximum absolute atomic E-state index is 5.99. The van der Waals surface area contributed by atoms with Gasteiger partial charge in [-0.25, -0.2) is 4.98 Å². The van der Waals surface area contributed by atoms with E-state index in [0.717, 1.165) is 22.6 Å². The largest absolute Gasteiger partial charge is 0.497 e. The van der Waals surface area contributed by atoms with Crippen molar-refractivity contribution < 1.29 is 4.74 Å². The molecule has 0 amide bonds. The maximum Gasteiger partial charge on any atom is 0.119 e. The first-order valence-electron chi connectivity index (χ1n) is 13.2. The first-order chi connectivity index (χ1) is 19.3. The Morgan fingerprint density at radius 3 is 1.26 bits per heavy atom. The summed E-state index contributed by atoms with van der Waals surface area (Å²) in [5, 5.41) is 0. The second-order valence-electron chi connectivity index (χ2n) is 9.63. The van der Waals surface area contributed by atoms with Crippen molar-refractivity contribution in [1.29, 1.82) is 0 Å². The molecule has 1 aromatic heterocycles. The van der Waals surface area contributed by atoms with E-state index < -0.39 is 0 Å². The third kappa shape index (κ3) is 4.99. The van der Waals surface area contributed by atoms with Crippen LogP contribution >= 0.6 is 0 Å². The van der Waals surface area contributed by atoms with E-state index in [9.17, 15) is 0 Å². The molecule has 6 aromatic rings. The van der Waals surface area contributed by atoms with Gasteiger partial charge < -0.3 is 9.30 Å². The van der Waals surface area contributed by atoms with Gasteiger partial charge in [0, 0.05) is 24.2 Å². The fourth-order valence-corrected chi connectivity index (χ4v) is 5.58. The number of methoxy groups -OCH3 is 1. The molecule has 0 aliphatic carbocycles. The van der Waals surface area contributed by atoms with Crippen molar-refractivity contribution in [2.75, 3.05) is 7.11 Å². The topological polar surface area (TPSA) is 27.1 Å². The number of ether oxygens (including phenoxy) is 1. The Bertz CT molecular complexity index is 1430. The van der Waals surface area contributed by atoms with E-state index in [4.69, 9.17) is 4.74 Å². The normalized spacial score (nSPS) is 11.2. The van der Waals surface area contributed by atoms with Crippen molar-refractivity contribution in [3.05, 3.63) is 186 Å². The van der Waals surface area contributed by atoms with Crippen LogP contribution in [0.25, 0.3) is 5.69 Å². The van der Waals surface area contributed by atoms with Crippen LogP contribution in [0.1, 0.15) is 45.2 Å². The molecule has 0 unspecified atom stereocenters. The third-order valence-corrected chi connectivity index (χ3v) is 7.29. The predicted octanol–water partition coefficient (Wildman–Crippen LogP) is 8.24. The first kappa shape index (κ1) is 24.4. The van der Waals surface area contributed by atoms with Crippen LogP contribution in [-0.2, 0) is 0 Å². The molecule has 0 spiro atoms. The summed E-state index contributed by atoms with van der Waals surface area (Å²) in [5.74, 6) is 0.814. The van der Waals surface area contributed by atoms with Gasteiger partial charge in [-0.2, -0.15) is 0 Å². The number of rotatable bonds is 8. The molecule has 0 aliphatic rings. The minimum Gasteiger partial charge on any atom is -0.497 e. The van der Waals surface area contributed by atoms with Crippen molar-refractivity contribution in [1.82, 2.24) is 9.55 Å². The van der Waals surface area contributed by atoms with Crippen LogP contribution < -0.4 is 4.74 Å².